The standard InChI is InChI=1S/C16H21N3O3S/c1-10(2)15-18-13-8-11(4-5-14(13)19(15)3)16(20)17-12-6-7-23(21,22)9-12/h4-5,8,10,12H,6-7,9H2,1-3H3,(H,17,20). The number of nitrogens with one attached hydrogen (secondary N) is 1. The molecule has 0 bridgehead atoms. The fourth-order valence-corrected chi connectivity index (χ4v) is 4.73. The lowest BCUT2D eigenvalue weighted by atomic mass is 10.1. The molecule has 124 valence electrons. The molecule has 3 rings (SSSR count). The van der Waals surface area contributed by atoms with Gasteiger partial charge in [-0.25, -0.2) is 13.4 Å². The zero-order valence-electron chi connectivity index (χ0n) is 13.5. The van der Waals surface area contributed by atoms with Crippen LogP contribution in [0.5, 0.6) is 0 Å². The van der Waals surface area contributed by atoms with Crippen LogP contribution in [0.1, 0.15) is 42.4 Å². The molecule has 0 radical (unpaired) electrons. The van der Waals surface area contributed by atoms with Crippen molar-refractivity contribution in [1.29, 1.82) is 0 Å². The molecular weight excluding hydrogens is 314 g/mol. The molecule has 1 aromatic heterocycles. The van der Waals surface area contributed by atoms with Crippen molar-refractivity contribution in [2.24, 2.45) is 7.05 Å². The first kappa shape index (κ1) is 16.0. The van der Waals surface area contributed by atoms with Gasteiger partial charge in [0.2, 0.25) is 0 Å². The summed E-state index contributed by atoms with van der Waals surface area (Å²) in [6, 6.07) is 5.11. The molecule has 1 amide bonds. The van der Waals surface area contributed by atoms with Crippen molar-refractivity contribution < 1.29 is 13.2 Å². The van der Waals surface area contributed by atoms with Crippen molar-refractivity contribution >= 4 is 26.8 Å². The Morgan fingerprint density at radius 1 is 1.39 bits per heavy atom. The third kappa shape index (κ3) is 3.10. The number of carbonyl (C=O) groups excluding carboxylic acids is 1. The Hall–Kier alpha value is -1.89. The van der Waals surface area contributed by atoms with Crippen LogP contribution in [0.15, 0.2) is 18.2 Å². The zero-order chi connectivity index (χ0) is 16.8. The van der Waals surface area contributed by atoms with Crippen molar-refractivity contribution in [3.8, 4) is 0 Å². The van der Waals surface area contributed by atoms with E-state index in [0.29, 0.717) is 17.9 Å². The second kappa shape index (κ2) is 5.63. The molecule has 1 aromatic carbocycles. The molecular formula is C16H21N3O3S. The molecule has 1 atom stereocenters. The molecule has 23 heavy (non-hydrogen) atoms. The minimum absolute atomic E-state index is 0.0298. The summed E-state index contributed by atoms with van der Waals surface area (Å²) in [5.74, 6) is 1.20. The molecule has 6 nitrogen and oxygen atoms in total. The summed E-state index contributed by atoms with van der Waals surface area (Å²) in [5, 5.41) is 2.81. The SMILES string of the molecule is CC(C)c1nc2cc(C(=O)NC3CCS(=O)(=O)C3)ccc2n1C. The second-order valence-corrected chi connectivity index (χ2v) is 8.69. The number of nitrogens with zero attached hydrogens (tertiary/aromatic N) is 2. The van der Waals surface area contributed by atoms with E-state index in [-0.39, 0.29) is 23.5 Å². The van der Waals surface area contributed by atoms with E-state index in [1.807, 2.05) is 17.7 Å². The number of aryl methyl sites for hydroxylation is 1. The number of rotatable bonds is 3. The van der Waals surface area contributed by atoms with Crippen LogP contribution in [0.3, 0.4) is 0 Å². The first-order chi connectivity index (χ1) is 10.8. The molecule has 1 unspecified atom stereocenters. The first-order valence-electron chi connectivity index (χ1n) is 7.74. The van der Waals surface area contributed by atoms with Crippen LogP contribution in [0.2, 0.25) is 0 Å². The van der Waals surface area contributed by atoms with Gasteiger partial charge in [0.1, 0.15) is 5.82 Å². The molecule has 1 aliphatic rings. The number of imidazole rings is 1. The van der Waals surface area contributed by atoms with Crippen molar-refractivity contribution in [2.75, 3.05) is 11.5 Å². The van der Waals surface area contributed by atoms with E-state index in [4.69, 9.17) is 0 Å². The van der Waals surface area contributed by atoms with E-state index in [1.54, 1.807) is 12.1 Å². The summed E-state index contributed by atoms with van der Waals surface area (Å²) >= 11 is 0. The van der Waals surface area contributed by atoms with Gasteiger partial charge in [0.25, 0.3) is 5.91 Å². The fourth-order valence-electron chi connectivity index (χ4n) is 3.05. The van der Waals surface area contributed by atoms with Gasteiger partial charge >= 0.3 is 0 Å². The number of benzene rings is 1. The van der Waals surface area contributed by atoms with Crippen LogP contribution >= 0.6 is 0 Å². The maximum atomic E-state index is 12.3. The Bertz CT molecular complexity index is 868. The Morgan fingerprint density at radius 2 is 2.13 bits per heavy atom. The first-order valence-corrected chi connectivity index (χ1v) is 9.56. The van der Waals surface area contributed by atoms with Gasteiger partial charge in [-0.2, -0.15) is 0 Å². The summed E-state index contributed by atoms with van der Waals surface area (Å²) < 4.78 is 25.0. The number of amides is 1. The zero-order valence-corrected chi connectivity index (χ0v) is 14.4. The smallest absolute Gasteiger partial charge is 0.251 e. The molecule has 0 aliphatic carbocycles. The maximum Gasteiger partial charge on any atom is 0.251 e. The molecule has 1 fully saturated rings. The Labute approximate surface area is 135 Å². The summed E-state index contributed by atoms with van der Waals surface area (Å²) in [7, 11) is -1.03. The lowest BCUT2D eigenvalue weighted by Crippen LogP contribution is -2.35. The van der Waals surface area contributed by atoms with Gasteiger partial charge in [0.05, 0.1) is 22.5 Å². The van der Waals surface area contributed by atoms with Gasteiger partial charge in [-0.1, -0.05) is 13.8 Å². The third-order valence-electron chi connectivity index (χ3n) is 4.26. The van der Waals surface area contributed by atoms with Gasteiger partial charge in [-0.05, 0) is 24.6 Å². The minimum atomic E-state index is -3.00. The van der Waals surface area contributed by atoms with Crippen molar-refractivity contribution in [1.82, 2.24) is 14.9 Å². The van der Waals surface area contributed by atoms with Crippen LogP contribution in [-0.2, 0) is 16.9 Å². The number of aromatic nitrogens is 2. The van der Waals surface area contributed by atoms with Crippen LogP contribution in [0, 0.1) is 0 Å². The Kier molecular flexibility index (Phi) is 3.91. The van der Waals surface area contributed by atoms with Crippen LogP contribution < -0.4 is 5.32 Å². The topological polar surface area (TPSA) is 81.1 Å². The van der Waals surface area contributed by atoms with E-state index in [0.717, 1.165) is 16.9 Å². The van der Waals surface area contributed by atoms with Crippen molar-refractivity contribution in [3.05, 3.63) is 29.6 Å². The summed E-state index contributed by atoms with van der Waals surface area (Å²) in [6.45, 7) is 4.16. The molecule has 1 aliphatic heterocycles. The molecule has 1 N–H and O–H groups in total. The third-order valence-corrected chi connectivity index (χ3v) is 6.03. The minimum Gasteiger partial charge on any atom is -0.348 e. The van der Waals surface area contributed by atoms with E-state index >= 15 is 0 Å². The number of sulfone groups is 1. The lowest BCUT2D eigenvalue weighted by Gasteiger charge is -2.10. The van der Waals surface area contributed by atoms with Gasteiger partial charge < -0.3 is 9.88 Å². The van der Waals surface area contributed by atoms with E-state index < -0.39 is 9.84 Å². The Balaban J connectivity index is 1.84. The largest absolute Gasteiger partial charge is 0.348 e. The van der Waals surface area contributed by atoms with Gasteiger partial charge in [-0.15, -0.1) is 0 Å². The predicted molar refractivity (Wildman–Crippen MR) is 89.3 cm³/mol. The molecule has 2 heterocycles. The average molecular weight is 335 g/mol. The van der Waals surface area contributed by atoms with E-state index in [1.165, 1.54) is 0 Å². The molecule has 1 saturated heterocycles. The summed E-state index contributed by atoms with van der Waals surface area (Å²) in [4.78, 5) is 16.9. The monoisotopic (exact) mass is 335 g/mol. The highest BCUT2D eigenvalue weighted by Crippen LogP contribution is 2.22. The van der Waals surface area contributed by atoms with Crippen LogP contribution in [0.4, 0.5) is 0 Å². The number of carbonyl (C=O) groups is 1. The van der Waals surface area contributed by atoms with Crippen molar-refractivity contribution in [3.63, 3.8) is 0 Å². The predicted octanol–water partition coefficient (Wildman–Crippen LogP) is 1.61. The fraction of sp³-hybridized carbons (Fsp3) is 0.500. The van der Waals surface area contributed by atoms with E-state index in [2.05, 4.69) is 24.1 Å². The highest BCUT2D eigenvalue weighted by atomic mass is 32.2. The summed E-state index contributed by atoms with van der Waals surface area (Å²) in [6.07, 6.45) is 0.484. The molecule has 0 spiro atoms. The summed E-state index contributed by atoms with van der Waals surface area (Å²) in [5.41, 5.74) is 2.27. The van der Waals surface area contributed by atoms with Crippen LogP contribution in [-0.4, -0.2) is 41.4 Å². The van der Waals surface area contributed by atoms with Crippen LogP contribution in [0.25, 0.3) is 11.0 Å². The Morgan fingerprint density at radius 3 is 2.74 bits per heavy atom. The lowest BCUT2D eigenvalue weighted by molar-refractivity contribution is 0.0941. The van der Waals surface area contributed by atoms with Gasteiger partial charge in [0, 0.05) is 24.6 Å². The number of hydrogen-bond donors (Lipinski definition) is 1. The highest BCUT2D eigenvalue weighted by Gasteiger charge is 2.29. The number of hydrogen-bond acceptors (Lipinski definition) is 4. The molecule has 0 saturated carbocycles. The quantitative estimate of drug-likeness (QED) is 0.924. The maximum absolute atomic E-state index is 12.3. The van der Waals surface area contributed by atoms with Gasteiger partial charge in [-0.3, -0.25) is 4.79 Å². The molecule has 7 heteroatoms. The van der Waals surface area contributed by atoms with Crippen molar-refractivity contribution in [2.45, 2.75) is 32.2 Å². The number of fused-ring (bicyclic) bond motifs is 1. The van der Waals surface area contributed by atoms with E-state index in [9.17, 15) is 13.2 Å². The highest BCUT2D eigenvalue weighted by molar-refractivity contribution is 7.91. The normalized spacial score (nSPS) is 20.3. The molecule has 2 aromatic rings. The second-order valence-electron chi connectivity index (χ2n) is 6.46. The van der Waals surface area contributed by atoms with Gasteiger partial charge in [0.15, 0.2) is 9.84 Å². The average Bonchev–Trinajstić information content (AvgIpc) is 2.98.